The van der Waals surface area contributed by atoms with Crippen LogP contribution in [0.15, 0.2) is 52.8 Å². The van der Waals surface area contributed by atoms with Gasteiger partial charge in [-0.15, -0.1) is 11.3 Å². The molecule has 2 unspecified atom stereocenters. The number of hydrogen-bond acceptors (Lipinski definition) is 4. The fraction of sp³-hybridized carbons (Fsp3) is 0.476. The summed E-state index contributed by atoms with van der Waals surface area (Å²) in [6.07, 6.45) is 0.965. The summed E-state index contributed by atoms with van der Waals surface area (Å²) in [7, 11) is 4.20. The first-order valence-electron chi connectivity index (χ1n) is 9.41. The van der Waals surface area contributed by atoms with Gasteiger partial charge in [-0.3, -0.25) is 0 Å². The molecule has 0 saturated carbocycles. The van der Waals surface area contributed by atoms with Gasteiger partial charge in [0.1, 0.15) is 5.60 Å². The first kappa shape index (κ1) is 21.4. The molecule has 0 aliphatic rings. The number of likely N-dealkylation sites (N-methyl/N-ethyl adjacent to an activating group) is 1. The molecule has 0 spiro atoms. The summed E-state index contributed by atoms with van der Waals surface area (Å²) in [4.78, 5) is 7.77. The minimum atomic E-state index is -0.957. The summed E-state index contributed by atoms with van der Waals surface area (Å²) >= 11 is 1.55. The van der Waals surface area contributed by atoms with Crippen LogP contribution in [0.3, 0.4) is 0 Å². The molecule has 0 bridgehead atoms. The smallest absolute Gasteiger partial charge is 0.191 e. The zero-order chi connectivity index (χ0) is 19.7. The number of aliphatic imine (C=N–C) groups is 1. The highest BCUT2D eigenvalue weighted by Crippen LogP contribution is 2.25. The zero-order valence-corrected chi connectivity index (χ0v) is 17.6. The zero-order valence-electron chi connectivity index (χ0n) is 16.8. The molecule has 27 heavy (non-hydrogen) atoms. The maximum absolute atomic E-state index is 10.7. The largest absolute Gasteiger partial charge is 0.383 e. The Kier molecular flexibility index (Phi) is 8.28. The number of aliphatic hydroxyl groups is 1. The van der Waals surface area contributed by atoms with Crippen LogP contribution in [0.1, 0.15) is 24.3 Å². The molecule has 1 aromatic heterocycles. The molecule has 2 atom stereocenters. The molecule has 0 aliphatic carbocycles. The second kappa shape index (κ2) is 10.4. The van der Waals surface area contributed by atoms with E-state index in [1.165, 1.54) is 5.56 Å². The molecule has 0 fully saturated rings. The van der Waals surface area contributed by atoms with E-state index in [0.29, 0.717) is 12.6 Å². The quantitative estimate of drug-likeness (QED) is 0.457. The van der Waals surface area contributed by atoms with Crippen LogP contribution in [0.5, 0.6) is 0 Å². The highest BCUT2D eigenvalue weighted by Gasteiger charge is 2.24. The van der Waals surface area contributed by atoms with Gasteiger partial charge in [-0.05, 0) is 51.4 Å². The van der Waals surface area contributed by atoms with Crippen LogP contribution in [-0.4, -0.2) is 55.7 Å². The van der Waals surface area contributed by atoms with Crippen molar-refractivity contribution in [3.05, 3.63) is 58.3 Å². The highest BCUT2D eigenvalue weighted by molar-refractivity contribution is 7.10. The Balaban J connectivity index is 1.98. The number of guanidine groups is 1. The second-order valence-electron chi connectivity index (χ2n) is 7.13. The van der Waals surface area contributed by atoms with E-state index in [0.717, 1.165) is 30.3 Å². The van der Waals surface area contributed by atoms with E-state index in [1.54, 1.807) is 11.3 Å². The normalized spacial score (nSPS) is 15.4. The van der Waals surface area contributed by atoms with Crippen LogP contribution in [0.25, 0.3) is 0 Å². The van der Waals surface area contributed by atoms with E-state index in [1.807, 2.05) is 37.4 Å². The van der Waals surface area contributed by atoms with Crippen molar-refractivity contribution in [1.29, 1.82) is 0 Å². The molecule has 0 amide bonds. The number of nitrogens with one attached hydrogen (secondary N) is 2. The molecule has 0 aliphatic heterocycles. The molecule has 2 aromatic rings. The summed E-state index contributed by atoms with van der Waals surface area (Å²) < 4.78 is 0. The molecule has 0 radical (unpaired) electrons. The van der Waals surface area contributed by atoms with Crippen LogP contribution >= 0.6 is 11.3 Å². The molecule has 2 rings (SSSR count). The lowest BCUT2D eigenvalue weighted by Crippen LogP contribution is -2.46. The van der Waals surface area contributed by atoms with Crippen LogP contribution in [0, 0.1) is 0 Å². The molecule has 1 aromatic carbocycles. The van der Waals surface area contributed by atoms with E-state index in [-0.39, 0.29) is 0 Å². The average Bonchev–Trinajstić information content (AvgIpc) is 3.19. The van der Waals surface area contributed by atoms with Gasteiger partial charge in [0, 0.05) is 24.0 Å². The van der Waals surface area contributed by atoms with Gasteiger partial charge in [0.05, 0.1) is 6.54 Å². The van der Waals surface area contributed by atoms with E-state index in [9.17, 15) is 5.11 Å². The Labute approximate surface area is 167 Å². The summed E-state index contributed by atoms with van der Waals surface area (Å²) in [5.74, 6) is 0.731. The van der Waals surface area contributed by atoms with Crippen molar-refractivity contribution in [2.24, 2.45) is 4.99 Å². The molecule has 5 nitrogen and oxygen atoms in total. The van der Waals surface area contributed by atoms with Crippen molar-refractivity contribution in [2.75, 3.05) is 33.7 Å². The minimum absolute atomic E-state index is 0.314. The lowest BCUT2D eigenvalue weighted by atomic mass is 10.1. The molecule has 3 N–H and O–H groups in total. The Bertz CT molecular complexity index is 683. The molecule has 6 heteroatoms. The van der Waals surface area contributed by atoms with Gasteiger partial charge in [-0.25, -0.2) is 4.99 Å². The van der Waals surface area contributed by atoms with Gasteiger partial charge >= 0.3 is 0 Å². The lowest BCUT2D eigenvalue weighted by Gasteiger charge is -2.26. The van der Waals surface area contributed by atoms with Gasteiger partial charge in [-0.2, -0.15) is 0 Å². The number of nitrogens with zero attached hydrogens (tertiary/aromatic N) is 2. The Morgan fingerprint density at radius 1 is 1.19 bits per heavy atom. The fourth-order valence-corrected chi connectivity index (χ4v) is 3.55. The molecular weight excluding hydrogens is 356 g/mol. The summed E-state index contributed by atoms with van der Waals surface area (Å²) in [5.41, 5.74) is 0.363. The van der Waals surface area contributed by atoms with Crippen molar-refractivity contribution in [3.63, 3.8) is 0 Å². The standard InChI is InChI=1S/C21H32N4OS/c1-5-22-20(24-16-21(2,26)19-12-9-13-27-19)23-15-18(25(3)4)14-17-10-7-6-8-11-17/h6-13,18,26H,5,14-16H2,1-4H3,(H2,22,23,24). The van der Waals surface area contributed by atoms with Crippen molar-refractivity contribution < 1.29 is 5.11 Å². The predicted octanol–water partition coefficient (Wildman–Crippen LogP) is 2.68. The van der Waals surface area contributed by atoms with E-state index in [4.69, 9.17) is 0 Å². The van der Waals surface area contributed by atoms with E-state index in [2.05, 4.69) is 58.9 Å². The highest BCUT2D eigenvalue weighted by atomic mass is 32.1. The third kappa shape index (κ3) is 6.97. The first-order chi connectivity index (χ1) is 12.9. The van der Waals surface area contributed by atoms with E-state index < -0.39 is 5.60 Å². The van der Waals surface area contributed by atoms with Crippen LogP contribution in [-0.2, 0) is 12.0 Å². The van der Waals surface area contributed by atoms with Gasteiger partial charge in [0.15, 0.2) is 5.96 Å². The third-order valence-electron chi connectivity index (χ3n) is 4.49. The minimum Gasteiger partial charge on any atom is -0.383 e. The molecule has 0 saturated heterocycles. The van der Waals surface area contributed by atoms with Crippen molar-refractivity contribution >= 4 is 17.3 Å². The number of benzene rings is 1. The maximum Gasteiger partial charge on any atom is 0.191 e. The molecule has 148 valence electrons. The molecular formula is C21H32N4OS. The van der Waals surface area contributed by atoms with Gasteiger partial charge < -0.3 is 20.6 Å². The van der Waals surface area contributed by atoms with Crippen molar-refractivity contribution in [1.82, 2.24) is 15.5 Å². The number of rotatable bonds is 9. The van der Waals surface area contributed by atoms with Gasteiger partial charge in [0.2, 0.25) is 0 Å². The SMILES string of the molecule is CCNC(=NCC(C)(O)c1cccs1)NCC(Cc1ccccc1)N(C)C. The van der Waals surface area contributed by atoms with Crippen LogP contribution in [0.2, 0.25) is 0 Å². The lowest BCUT2D eigenvalue weighted by molar-refractivity contribution is 0.0711. The summed E-state index contributed by atoms with van der Waals surface area (Å²) in [5, 5.41) is 19.4. The topological polar surface area (TPSA) is 59.9 Å². The third-order valence-corrected chi connectivity index (χ3v) is 5.61. The Hall–Kier alpha value is -1.89. The summed E-state index contributed by atoms with van der Waals surface area (Å²) in [6, 6.07) is 14.8. The fourth-order valence-electron chi connectivity index (χ4n) is 2.78. The Morgan fingerprint density at radius 3 is 2.52 bits per heavy atom. The molecule has 1 heterocycles. The van der Waals surface area contributed by atoms with E-state index >= 15 is 0 Å². The van der Waals surface area contributed by atoms with Crippen molar-refractivity contribution in [3.8, 4) is 0 Å². The first-order valence-corrected chi connectivity index (χ1v) is 10.3. The predicted molar refractivity (Wildman–Crippen MR) is 115 cm³/mol. The maximum atomic E-state index is 10.7. The van der Waals surface area contributed by atoms with Crippen LogP contribution < -0.4 is 10.6 Å². The van der Waals surface area contributed by atoms with Crippen molar-refractivity contribution in [2.45, 2.75) is 31.9 Å². The monoisotopic (exact) mass is 388 g/mol. The van der Waals surface area contributed by atoms with Gasteiger partial charge in [0.25, 0.3) is 0 Å². The number of thiophene rings is 1. The number of hydrogen-bond donors (Lipinski definition) is 3. The average molecular weight is 389 g/mol. The van der Waals surface area contributed by atoms with Gasteiger partial charge in [-0.1, -0.05) is 36.4 Å². The second-order valence-corrected chi connectivity index (χ2v) is 8.08. The Morgan fingerprint density at radius 2 is 1.93 bits per heavy atom. The summed E-state index contributed by atoms with van der Waals surface area (Å²) in [6.45, 7) is 5.72. The van der Waals surface area contributed by atoms with Crippen LogP contribution in [0.4, 0.5) is 0 Å².